The fourth-order valence-electron chi connectivity index (χ4n) is 2.95. The van der Waals surface area contributed by atoms with E-state index in [0.29, 0.717) is 0 Å². The zero-order valence-corrected chi connectivity index (χ0v) is 11.9. The first-order valence-corrected chi connectivity index (χ1v) is 7.11. The van der Waals surface area contributed by atoms with E-state index in [1.165, 1.54) is 25.7 Å². The molecule has 2 unspecified atom stereocenters. The van der Waals surface area contributed by atoms with E-state index in [1.807, 2.05) is 7.05 Å². The minimum Gasteiger partial charge on any atom is -0.463 e. The van der Waals surface area contributed by atoms with Gasteiger partial charge in [-0.15, -0.1) is 0 Å². The maximum Gasteiger partial charge on any atom is 0.118 e. The van der Waals surface area contributed by atoms with Crippen LogP contribution in [0.5, 0.6) is 0 Å². The molecule has 3 nitrogen and oxygen atoms in total. The van der Waals surface area contributed by atoms with Crippen molar-refractivity contribution in [3.63, 3.8) is 0 Å². The van der Waals surface area contributed by atoms with Crippen LogP contribution in [0, 0.1) is 5.92 Å². The van der Waals surface area contributed by atoms with Gasteiger partial charge in [-0.3, -0.25) is 4.90 Å². The molecule has 0 saturated heterocycles. The molecule has 1 heterocycles. The van der Waals surface area contributed by atoms with Crippen LogP contribution in [-0.2, 0) is 13.1 Å². The second-order valence-corrected chi connectivity index (χ2v) is 5.74. The summed E-state index contributed by atoms with van der Waals surface area (Å²) < 4.78 is 5.81. The molecule has 1 saturated carbocycles. The first-order chi connectivity index (χ1) is 8.69. The van der Waals surface area contributed by atoms with Crippen molar-refractivity contribution in [2.45, 2.75) is 51.7 Å². The highest BCUT2D eigenvalue weighted by Crippen LogP contribution is 2.27. The van der Waals surface area contributed by atoms with Crippen LogP contribution in [0.25, 0.3) is 0 Å². The molecule has 102 valence electrons. The monoisotopic (exact) mass is 250 g/mol. The van der Waals surface area contributed by atoms with Gasteiger partial charge in [0.1, 0.15) is 11.5 Å². The molecule has 0 aliphatic heterocycles. The molecule has 1 aliphatic rings. The van der Waals surface area contributed by atoms with E-state index in [9.17, 15) is 0 Å². The standard InChI is InChI=1S/C15H26N2O/c1-12-5-4-6-13(9-12)17(3)11-15-8-7-14(18-15)10-16-2/h7-8,12-13,16H,4-6,9-11H2,1-3H3. The van der Waals surface area contributed by atoms with Crippen molar-refractivity contribution in [3.8, 4) is 0 Å². The Labute approximate surface area is 111 Å². The molecule has 2 atom stereocenters. The van der Waals surface area contributed by atoms with Crippen LogP contribution in [0.4, 0.5) is 0 Å². The Kier molecular flexibility index (Phi) is 4.84. The van der Waals surface area contributed by atoms with Gasteiger partial charge < -0.3 is 9.73 Å². The van der Waals surface area contributed by atoms with Crippen molar-refractivity contribution >= 4 is 0 Å². The van der Waals surface area contributed by atoms with Gasteiger partial charge in [0.25, 0.3) is 0 Å². The van der Waals surface area contributed by atoms with Crippen molar-refractivity contribution in [2.75, 3.05) is 14.1 Å². The Morgan fingerprint density at radius 3 is 2.83 bits per heavy atom. The van der Waals surface area contributed by atoms with Crippen LogP contribution >= 0.6 is 0 Å². The third kappa shape index (κ3) is 3.59. The van der Waals surface area contributed by atoms with Gasteiger partial charge in [-0.1, -0.05) is 19.8 Å². The molecule has 0 amide bonds. The van der Waals surface area contributed by atoms with E-state index >= 15 is 0 Å². The third-order valence-corrected chi connectivity index (χ3v) is 4.01. The van der Waals surface area contributed by atoms with Gasteiger partial charge in [0, 0.05) is 6.04 Å². The molecule has 18 heavy (non-hydrogen) atoms. The Hall–Kier alpha value is -0.800. The largest absolute Gasteiger partial charge is 0.463 e. The second kappa shape index (κ2) is 6.39. The molecule has 1 aromatic heterocycles. The summed E-state index contributed by atoms with van der Waals surface area (Å²) in [4.78, 5) is 2.46. The van der Waals surface area contributed by atoms with Crippen LogP contribution < -0.4 is 5.32 Å². The number of furan rings is 1. The first-order valence-electron chi connectivity index (χ1n) is 7.11. The van der Waals surface area contributed by atoms with Gasteiger partial charge in [-0.25, -0.2) is 0 Å². The molecular weight excluding hydrogens is 224 g/mol. The van der Waals surface area contributed by atoms with E-state index in [4.69, 9.17) is 4.42 Å². The number of hydrogen-bond acceptors (Lipinski definition) is 3. The predicted octanol–water partition coefficient (Wildman–Crippen LogP) is 3.01. The van der Waals surface area contributed by atoms with Gasteiger partial charge in [0.05, 0.1) is 13.1 Å². The van der Waals surface area contributed by atoms with Gasteiger partial charge in [0.2, 0.25) is 0 Å². The summed E-state index contributed by atoms with van der Waals surface area (Å²) in [6, 6.07) is 4.91. The molecule has 1 aromatic rings. The van der Waals surface area contributed by atoms with Crippen molar-refractivity contribution in [3.05, 3.63) is 23.7 Å². The van der Waals surface area contributed by atoms with Crippen molar-refractivity contribution in [2.24, 2.45) is 5.92 Å². The minimum atomic E-state index is 0.728. The maximum atomic E-state index is 5.81. The van der Waals surface area contributed by atoms with Crippen LogP contribution in [0.3, 0.4) is 0 Å². The van der Waals surface area contributed by atoms with Crippen LogP contribution in [-0.4, -0.2) is 25.0 Å². The third-order valence-electron chi connectivity index (χ3n) is 4.01. The molecule has 1 fully saturated rings. The number of hydrogen-bond donors (Lipinski definition) is 1. The lowest BCUT2D eigenvalue weighted by atomic mass is 9.86. The summed E-state index contributed by atoms with van der Waals surface area (Å²) in [5, 5.41) is 3.11. The van der Waals surface area contributed by atoms with Crippen LogP contribution in [0.15, 0.2) is 16.5 Å². The van der Waals surface area contributed by atoms with Gasteiger partial charge in [-0.2, -0.15) is 0 Å². The first kappa shape index (κ1) is 13.6. The highest BCUT2D eigenvalue weighted by molar-refractivity contribution is 5.07. The zero-order valence-electron chi connectivity index (χ0n) is 11.9. The average Bonchev–Trinajstić information content (AvgIpc) is 2.77. The van der Waals surface area contributed by atoms with Crippen LogP contribution in [0.1, 0.15) is 44.1 Å². The fourth-order valence-corrected chi connectivity index (χ4v) is 2.95. The molecule has 3 heteroatoms. The lowest BCUT2D eigenvalue weighted by Crippen LogP contribution is -2.34. The Balaban J connectivity index is 1.87. The summed E-state index contributed by atoms with van der Waals surface area (Å²) in [7, 11) is 4.17. The van der Waals surface area contributed by atoms with E-state index in [2.05, 4.69) is 36.3 Å². The molecule has 0 bridgehead atoms. The summed E-state index contributed by atoms with van der Waals surface area (Å²) in [6.45, 7) is 4.11. The molecule has 1 N–H and O–H groups in total. The average molecular weight is 250 g/mol. The molecule has 2 rings (SSSR count). The zero-order chi connectivity index (χ0) is 13.0. The molecule has 0 radical (unpaired) electrons. The summed E-state index contributed by atoms with van der Waals surface area (Å²) in [5.74, 6) is 2.99. The maximum absolute atomic E-state index is 5.81. The van der Waals surface area contributed by atoms with E-state index in [-0.39, 0.29) is 0 Å². The summed E-state index contributed by atoms with van der Waals surface area (Å²) >= 11 is 0. The van der Waals surface area contributed by atoms with Gasteiger partial charge >= 0.3 is 0 Å². The number of nitrogens with one attached hydrogen (secondary N) is 1. The molecular formula is C15H26N2O. The van der Waals surface area contributed by atoms with Crippen molar-refractivity contribution in [1.82, 2.24) is 10.2 Å². The smallest absolute Gasteiger partial charge is 0.118 e. The van der Waals surface area contributed by atoms with Gasteiger partial charge in [-0.05, 0) is 45.0 Å². The predicted molar refractivity (Wildman–Crippen MR) is 74.4 cm³/mol. The molecule has 0 aromatic carbocycles. The number of nitrogens with zero attached hydrogens (tertiary/aromatic N) is 1. The minimum absolute atomic E-state index is 0.728. The highest BCUT2D eigenvalue weighted by Gasteiger charge is 2.22. The summed E-state index contributed by atoms with van der Waals surface area (Å²) in [6.07, 6.45) is 5.45. The quantitative estimate of drug-likeness (QED) is 0.871. The van der Waals surface area contributed by atoms with E-state index in [0.717, 1.165) is 36.6 Å². The lowest BCUT2D eigenvalue weighted by molar-refractivity contribution is 0.148. The van der Waals surface area contributed by atoms with Crippen molar-refractivity contribution in [1.29, 1.82) is 0 Å². The summed E-state index contributed by atoms with van der Waals surface area (Å²) in [5.41, 5.74) is 0. The SMILES string of the molecule is CNCc1ccc(CN(C)C2CCCC(C)C2)o1. The highest BCUT2D eigenvalue weighted by atomic mass is 16.3. The van der Waals surface area contributed by atoms with E-state index < -0.39 is 0 Å². The molecule has 1 aliphatic carbocycles. The Morgan fingerprint density at radius 1 is 1.33 bits per heavy atom. The van der Waals surface area contributed by atoms with Crippen LogP contribution in [0.2, 0.25) is 0 Å². The van der Waals surface area contributed by atoms with E-state index in [1.54, 1.807) is 0 Å². The number of rotatable bonds is 5. The normalized spacial score (nSPS) is 24.7. The van der Waals surface area contributed by atoms with Gasteiger partial charge in [0.15, 0.2) is 0 Å². The fraction of sp³-hybridized carbons (Fsp3) is 0.733. The van der Waals surface area contributed by atoms with Crippen molar-refractivity contribution < 1.29 is 4.42 Å². The Morgan fingerprint density at radius 2 is 2.11 bits per heavy atom. The second-order valence-electron chi connectivity index (χ2n) is 5.74. The topological polar surface area (TPSA) is 28.4 Å². The molecule has 0 spiro atoms. The Bertz CT molecular complexity index is 361. The lowest BCUT2D eigenvalue weighted by Gasteiger charge is -2.33.